The minimum Gasteiger partial charge on any atom is -0.308 e. The summed E-state index contributed by atoms with van der Waals surface area (Å²) < 4.78 is 14.3. The average Bonchev–Trinajstić information content (AvgIpc) is 2.70. The lowest BCUT2D eigenvalue weighted by atomic mass is 9.89. The van der Waals surface area contributed by atoms with Gasteiger partial charge in [-0.25, -0.2) is 4.39 Å². The Morgan fingerprint density at radius 1 is 1.50 bits per heavy atom. The fourth-order valence-electron chi connectivity index (χ4n) is 2.36. The second-order valence-corrected chi connectivity index (χ2v) is 5.50. The molecule has 1 N–H and O–H groups in total. The summed E-state index contributed by atoms with van der Waals surface area (Å²) in [6.45, 7) is 5.23. The van der Waals surface area contributed by atoms with Crippen LogP contribution in [0.1, 0.15) is 37.8 Å². The lowest BCUT2D eigenvalue weighted by Gasteiger charge is -2.26. The van der Waals surface area contributed by atoms with E-state index in [-0.39, 0.29) is 11.4 Å². The minimum absolute atomic E-state index is 0.0140. The molecule has 0 saturated carbocycles. The van der Waals surface area contributed by atoms with Gasteiger partial charge in [-0.05, 0) is 65.9 Å². The number of aryl methyl sites for hydroxylation is 1. The molecule has 16 heavy (non-hydrogen) atoms. The van der Waals surface area contributed by atoms with Gasteiger partial charge in [0.1, 0.15) is 5.82 Å². The maximum absolute atomic E-state index is 13.7. The number of rotatable bonds is 2. The summed E-state index contributed by atoms with van der Waals surface area (Å²) in [5, 5.41) is 3.50. The number of hydrogen-bond donors (Lipinski definition) is 1. The number of halogens is 2. The van der Waals surface area contributed by atoms with Gasteiger partial charge >= 0.3 is 0 Å². The first-order chi connectivity index (χ1) is 7.57. The third kappa shape index (κ3) is 2.03. The highest BCUT2D eigenvalue weighted by Crippen LogP contribution is 2.34. The maximum Gasteiger partial charge on any atom is 0.140 e. The third-order valence-corrected chi connectivity index (χ3v) is 4.07. The topological polar surface area (TPSA) is 12.0 Å². The first kappa shape index (κ1) is 12.1. The standard InChI is InChI=1S/C13H17BrFN/c1-3-9-7-10(8-11(14)12(9)15)13(2)5-4-6-16-13/h7-8,16H,3-6H2,1-2H3. The van der Waals surface area contributed by atoms with Crippen molar-refractivity contribution in [2.75, 3.05) is 6.54 Å². The Bertz CT molecular complexity index is 397. The van der Waals surface area contributed by atoms with Crippen molar-refractivity contribution in [3.63, 3.8) is 0 Å². The molecule has 0 bridgehead atoms. The Morgan fingerprint density at radius 2 is 2.25 bits per heavy atom. The molecule has 0 aromatic heterocycles. The highest BCUT2D eigenvalue weighted by molar-refractivity contribution is 9.10. The van der Waals surface area contributed by atoms with Gasteiger partial charge in [-0.2, -0.15) is 0 Å². The zero-order valence-electron chi connectivity index (χ0n) is 9.74. The molecule has 1 heterocycles. The smallest absolute Gasteiger partial charge is 0.140 e. The molecule has 1 saturated heterocycles. The van der Waals surface area contributed by atoms with E-state index >= 15 is 0 Å². The van der Waals surface area contributed by atoms with Crippen LogP contribution in [-0.4, -0.2) is 6.54 Å². The monoisotopic (exact) mass is 285 g/mol. The van der Waals surface area contributed by atoms with E-state index in [1.807, 2.05) is 19.1 Å². The highest BCUT2D eigenvalue weighted by Gasteiger charge is 2.30. The Balaban J connectivity index is 2.45. The van der Waals surface area contributed by atoms with E-state index in [2.05, 4.69) is 28.2 Å². The highest BCUT2D eigenvalue weighted by atomic mass is 79.9. The van der Waals surface area contributed by atoms with Gasteiger partial charge in [0, 0.05) is 5.54 Å². The summed E-state index contributed by atoms with van der Waals surface area (Å²) in [6, 6.07) is 3.91. The maximum atomic E-state index is 13.7. The quantitative estimate of drug-likeness (QED) is 0.873. The van der Waals surface area contributed by atoms with Crippen LogP contribution in [0.3, 0.4) is 0 Å². The van der Waals surface area contributed by atoms with Crippen LogP contribution in [0.25, 0.3) is 0 Å². The van der Waals surface area contributed by atoms with E-state index in [1.54, 1.807) is 0 Å². The van der Waals surface area contributed by atoms with Crippen LogP contribution >= 0.6 is 15.9 Å². The average molecular weight is 286 g/mol. The summed E-state index contributed by atoms with van der Waals surface area (Å²) in [6.07, 6.45) is 3.04. The fourth-order valence-corrected chi connectivity index (χ4v) is 2.86. The molecule has 1 aliphatic rings. The Kier molecular flexibility index (Phi) is 3.36. The van der Waals surface area contributed by atoms with Crippen LogP contribution in [0.4, 0.5) is 4.39 Å². The van der Waals surface area contributed by atoms with Crippen LogP contribution in [0.5, 0.6) is 0 Å². The third-order valence-electron chi connectivity index (χ3n) is 3.49. The summed E-state index contributed by atoms with van der Waals surface area (Å²) in [5.74, 6) is -0.118. The molecule has 88 valence electrons. The van der Waals surface area contributed by atoms with Gasteiger partial charge in [-0.15, -0.1) is 0 Å². The van der Waals surface area contributed by atoms with E-state index < -0.39 is 0 Å². The van der Waals surface area contributed by atoms with E-state index in [9.17, 15) is 4.39 Å². The number of hydrogen-bond acceptors (Lipinski definition) is 1. The lowest BCUT2D eigenvalue weighted by Crippen LogP contribution is -2.33. The first-order valence-corrected chi connectivity index (χ1v) is 6.59. The Morgan fingerprint density at radius 3 is 2.81 bits per heavy atom. The zero-order chi connectivity index (χ0) is 11.8. The van der Waals surface area contributed by atoms with Crippen LogP contribution in [-0.2, 0) is 12.0 Å². The molecule has 0 spiro atoms. The van der Waals surface area contributed by atoms with Crippen molar-refractivity contribution < 1.29 is 4.39 Å². The van der Waals surface area contributed by atoms with Crippen molar-refractivity contribution in [2.24, 2.45) is 0 Å². The summed E-state index contributed by atoms with van der Waals surface area (Å²) >= 11 is 3.31. The number of benzene rings is 1. The van der Waals surface area contributed by atoms with Gasteiger partial charge in [0.2, 0.25) is 0 Å². The van der Waals surface area contributed by atoms with Gasteiger partial charge in [0.05, 0.1) is 4.47 Å². The Labute approximate surface area is 105 Å². The molecular formula is C13H17BrFN. The van der Waals surface area contributed by atoms with Gasteiger partial charge in [0.15, 0.2) is 0 Å². The molecule has 1 atom stereocenters. The second kappa shape index (κ2) is 4.46. The lowest BCUT2D eigenvalue weighted by molar-refractivity contribution is 0.432. The Hall–Kier alpha value is -0.410. The molecule has 0 amide bonds. The molecule has 2 rings (SSSR count). The molecule has 1 aromatic carbocycles. The molecule has 1 fully saturated rings. The SMILES string of the molecule is CCc1cc(C2(C)CCCN2)cc(Br)c1F. The number of nitrogens with one attached hydrogen (secondary N) is 1. The van der Waals surface area contributed by atoms with Crippen molar-refractivity contribution in [1.82, 2.24) is 5.32 Å². The van der Waals surface area contributed by atoms with E-state index in [1.165, 1.54) is 12.0 Å². The van der Waals surface area contributed by atoms with E-state index in [0.29, 0.717) is 4.47 Å². The first-order valence-electron chi connectivity index (χ1n) is 5.80. The van der Waals surface area contributed by atoms with Crippen LogP contribution in [0.15, 0.2) is 16.6 Å². The van der Waals surface area contributed by atoms with E-state index in [4.69, 9.17) is 0 Å². The molecule has 1 nitrogen and oxygen atoms in total. The predicted molar refractivity (Wildman–Crippen MR) is 68.1 cm³/mol. The van der Waals surface area contributed by atoms with Crippen molar-refractivity contribution in [3.05, 3.63) is 33.5 Å². The van der Waals surface area contributed by atoms with Crippen molar-refractivity contribution in [2.45, 2.75) is 38.6 Å². The van der Waals surface area contributed by atoms with Crippen LogP contribution in [0, 0.1) is 5.82 Å². The normalized spacial score (nSPS) is 25.0. The van der Waals surface area contributed by atoms with Gasteiger partial charge in [-0.3, -0.25) is 0 Å². The minimum atomic E-state index is -0.118. The van der Waals surface area contributed by atoms with Gasteiger partial charge in [-0.1, -0.05) is 13.0 Å². The molecule has 1 aliphatic heterocycles. The molecule has 1 aromatic rings. The molecule has 0 aliphatic carbocycles. The predicted octanol–water partition coefficient (Wildman–Crippen LogP) is 3.75. The molecule has 3 heteroatoms. The van der Waals surface area contributed by atoms with Gasteiger partial charge < -0.3 is 5.32 Å². The molecular weight excluding hydrogens is 269 g/mol. The van der Waals surface area contributed by atoms with E-state index in [0.717, 1.165) is 24.9 Å². The van der Waals surface area contributed by atoms with Crippen molar-refractivity contribution >= 4 is 15.9 Å². The van der Waals surface area contributed by atoms with Crippen LogP contribution in [0.2, 0.25) is 0 Å². The molecule has 0 radical (unpaired) electrons. The second-order valence-electron chi connectivity index (χ2n) is 4.65. The zero-order valence-corrected chi connectivity index (χ0v) is 11.3. The summed E-state index contributed by atoms with van der Waals surface area (Å²) in [5.41, 5.74) is 1.99. The van der Waals surface area contributed by atoms with Crippen molar-refractivity contribution in [3.8, 4) is 0 Å². The largest absolute Gasteiger partial charge is 0.308 e. The molecule has 1 unspecified atom stereocenters. The van der Waals surface area contributed by atoms with Crippen molar-refractivity contribution in [1.29, 1.82) is 0 Å². The fraction of sp³-hybridized carbons (Fsp3) is 0.538. The van der Waals surface area contributed by atoms with Gasteiger partial charge in [0.25, 0.3) is 0 Å². The summed E-state index contributed by atoms with van der Waals surface area (Å²) in [7, 11) is 0. The summed E-state index contributed by atoms with van der Waals surface area (Å²) in [4.78, 5) is 0. The van der Waals surface area contributed by atoms with Crippen LogP contribution < -0.4 is 5.32 Å².